The third-order valence-corrected chi connectivity index (χ3v) is 2.94. The van der Waals surface area contributed by atoms with Crippen LogP contribution in [0.25, 0.3) is 16.9 Å². The number of aryl methyl sites for hydroxylation is 1. The van der Waals surface area contributed by atoms with Gasteiger partial charge in [0.05, 0.1) is 11.4 Å². The summed E-state index contributed by atoms with van der Waals surface area (Å²) < 4.78 is 3.17. The number of aromatic nitrogens is 5. The van der Waals surface area contributed by atoms with Crippen molar-refractivity contribution in [2.75, 3.05) is 0 Å². The molecule has 0 amide bonds. The number of hydrogen-bond donors (Lipinski definition) is 1. The van der Waals surface area contributed by atoms with E-state index in [4.69, 9.17) is 5.11 Å². The predicted octanol–water partition coefficient (Wildman–Crippen LogP) is 1.37. The summed E-state index contributed by atoms with van der Waals surface area (Å²) in [4.78, 5) is 14.9. The van der Waals surface area contributed by atoms with Crippen molar-refractivity contribution in [1.82, 2.24) is 24.5 Å². The molecule has 0 unspecified atom stereocenters. The van der Waals surface area contributed by atoms with Gasteiger partial charge in [-0.15, -0.1) is 0 Å². The molecule has 0 radical (unpaired) electrons. The maximum atomic E-state index is 11.0. The Morgan fingerprint density at radius 3 is 2.75 bits per heavy atom. The first-order chi connectivity index (χ1) is 9.66. The van der Waals surface area contributed by atoms with E-state index in [0.717, 1.165) is 11.3 Å². The lowest BCUT2D eigenvalue weighted by Gasteiger charge is -2.08. The molecule has 1 aromatic carbocycles. The van der Waals surface area contributed by atoms with Gasteiger partial charge in [0.15, 0.2) is 5.69 Å². The Morgan fingerprint density at radius 1 is 1.30 bits per heavy atom. The molecule has 20 heavy (non-hydrogen) atoms. The lowest BCUT2D eigenvalue weighted by Crippen LogP contribution is -2.01. The third kappa shape index (κ3) is 1.95. The van der Waals surface area contributed by atoms with E-state index in [1.165, 1.54) is 12.4 Å². The lowest BCUT2D eigenvalue weighted by molar-refractivity contribution is 0.0689. The van der Waals surface area contributed by atoms with E-state index in [9.17, 15) is 4.79 Å². The van der Waals surface area contributed by atoms with E-state index in [2.05, 4.69) is 15.2 Å². The maximum absolute atomic E-state index is 11.0. The van der Waals surface area contributed by atoms with Crippen LogP contribution in [0, 0.1) is 0 Å². The first-order valence-corrected chi connectivity index (χ1v) is 5.88. The molecule has 0 bridgehead atoms. The number of carbonyl (C=O) groups is 1. The predicted molar refractivity (Wildman–Crippen MR) is 70.5 cm³/mol. The molecule has 2 aromatic heterocycles. The zero-order valence-electron chi connectivity index (χ0n) is 10.6. The molecule has 2 heterocycles. The second-order valence-corrected chi connectivity index (χ2v) is 4.20. The van der Waals surface area contributed by atoms with Crippen LogP contribution in [0.5, 0.6) is 0 Å². The topological polar surface area (TPSA) is 85.8 Å². The number of rotatable bonds is 3. The Bertz CT molecular complexity index is 761. The monoisotopic (exact) mass is 269 g/mol. The summed E-state index contributed by atoms with van der Waals surface area (Å²) in [5.41, 5.74) is 2.36. The van der Waals surface area contributed by atoms with E-state index >= 15 is 0 Å². The molecule has 0 atom stereocenters. The molecule has 100 valence electrons. The smallest absolute Gasteiger partial charge is 0.356 e. The van der Waals surface area contributed by atoms with Crippen molar-refractivity contribution in [3.63, 3.8) is 0 Å². The van der Waals surface area contributed by atoms with Gasteiger partial charge in [-0.1, -0.05) is 18.2 Å². The van der Waals surface area contributed by atoms with Crippen LogP contribution in [0.1, 0.15) is 10.5 Å². The first kappa shape index (κ1) is 12.1. The summed E-state index contributed by atoms with van der Waals surface area (Å²) in [5.74, 6) is -1.05. The number of carboxylic acid groups (broad SMARTS) is 1. The minimum Gasteiger partial charge on any atom is -0.476 e. The SMILES string of the molecule is Cn1nc(C(=O)O)cc1-c1ccccc1-n1cncn1. The first-order valence-electron chi connectivity index (χ1n) is 5.88. The van der Waals surface area contributed by atoms with Crippen molar-refractivity contribution in [2.45, 2.75) is 0 Å². The van der Waals surface area contributed by atoms with Gasteiger partial charge in [-0.25, -0.2) is 14.5 Å². The largest absolute Gasteiger partial charge is 0.476 e. The highest BCUT2D eigenvalue weighted by atomic mass is 16.4. The number of benzene rings is 1. The van der Waals surface area contributed by atoms with Crippen molar-refractivity contribution in [2.24, 2.45) is 7.05 Å². The number of nitrogens with zero attached hydrogens (tertiary/aromatic N) is 5. The summed E-state index contributed by atoms with van der Waals surface area (Å²) in [6, 6.07) is 9.08. The van der Waals surface area contributed by atoms with Gasteiger partial charge < -0.3 is 5.11 Å². The Kier molecular flexibility index (Phi) is 2.79. The van der Waals surface area contributed by atoms with Crippen molar-refractivity contribution in [3.05, 3.63) is 48.7 Å². The van der Waals surface area contributed by atoms with Crippen molar-refractivity contribution >= 4 is 5.97 Å². The molecule has 3 rings (SSSR count). The van der Waals surface area contributed by atoms with Gasteiger partial charge in [0.1, 0.15) is 12.7 Å². The maximum Gasteiger partial charge on any atom is 0.356 e. The molecular formula is C13H11N5O2. The highest BCUT2D eigenvalue weighted by Gasteiger charge is 2.15. The molecular weight excluding hydrogens is 258 g/mol. The van der Waals surface area contributed by atoms with Crippen LogP contribution in [-0.2, 0) is 7.05 Å². The molecule has 0 saturated heterocycles. The number of aromatic carboxylic acids is 1. The number of hydrogen-bond acceptors (Lipinski definition) is 4. The highest BCUT2D eigenvalue weighted by molar-refractivity contribution is 5.87. The summed E-state index contributed by atoms with van der Waals surface area (Å²) >= 11 is 0. The van der Waals surface area contributed by atoms with Crippen LogP contribution in [0.4, 0.5) is 0 Å². The Hall–Kier alpha value is -2.96. The fourth-order valence-corrected chi connectivity index (χ4v) is 2.05. The van der Waals surface area contributed by atoms with Crippen LogP contribution in [0.15, 0.2) is 43.0 Å². The molecule has 0 saturated carbocycles. The van der Waals surface area contributed by atoms with Crippen molar-refractivity contribution in [1.29, 1.82) is 0 Å². The van der Waals surface area contributed by atoms with E-state index in [1.807, 2.05) is 24.3 Å². The second kappa shape index (κ2) is 4.61. The molecule has 1 N–H and O–H groups in total. The van der Waals surface area contributed by atoms with Gasteiger partial charge in [0.2, 0.25) is 0 Å². The fraction of sp³-hybridized carbons (Fsp3) is 0.0769. The Labute approximate surface area is 114 Å². The normalized spacial score (nSPS) is 10.7. The highest BCUT2D eigenvalue weighted by Crippen LogP contribution is 2.26. The van der Waals surface area contributed by atoms with Crippen LogP contribution in [0.2, 0.25) is 0 Å². The molecule has 0 fully saturated rings. The van der Waals surface area contributed by atoms with Crippen molar-refractivity contribution in [3.8, 4) is 16.9 Å². The number of para-hydroxylation sites is 1. The van der Waals surface area contributed by atoms with E-state index in [0.29, 0.717) is 5.69 Å². The second-order valence-electron chi connectivity index (χ2n) is 4.20. The molecule has 0 aliphatic heterocycles. The minimum atomic E-state index is -1.05. The van der Waals surface area contributed by atoms with Gasteiger partial charge >= 0.3 is 5.97 Å². The Balaban J connectivity index is 2.18. The standard InChI is InChI=1S/C13H11N5O2/c1-17-12(6-10(16-17)13(19)20)9-4-2-3-5-11(9)18-8-14-7-15-18/h2-8H,1H3,(H,19,20). The number of carboxylic acids is 1. The molecule has 3 aromatic rings. The summed E-state index contributed by atoms with van der Waals surface area (Å²) in [6.07, 6.45) is 3.04. The van der Waals surface area contributed by atoms with Crippen LogP contribution in [-0.4, -0.2) is 35.6 Å². The van der Waals surface area contributed by atoms with E-state index in [-0.39, 0.29) is 5.69 Å². The fourth-order valence-electron chi connectivity index (χ4n) is 2.05. The molecule has 0 aliphatic rings. The lowest BCUT2D eigenvalue weighted by atomic mass is 10.1. The van der Waals surface area contributed by atoms with Gasteiger partial charge in [0, 0.05) is 12.6 Å². The zero-order chi connectivity index (χ0) is 14.1. The van der Waals surface area contributed by atoms with Gasteiger partial charge in [-0.3, -0.25) is 4.68 Å². The zero-order valence-corrected chi connectivity index (χ0v) is 10.6. The van der Waals surface area contributed by atoms with Crippen LogP contribution >= 0.6 is 0 Å². The molecule has 7 nitrogen and oxygen atoms in total. The quantitative estimate of drug-likeness (QED) is 0.776. The summed E-state index contributed by atoms with van der Waals surface area (Å²) in [7, 11) is 1.71. The van der Waals surface area contributed by atoms with Crippen LogP contribution < -0.4 is 0 Å². The third-order valence-electron chi connectivity index (χ3n) is 2.94. The van der Waals surface area contributed by atoms with Gasteiger partial charge in [-0.2, -0.15) is 10.2 Å². The van der Waals surface area contributed by atoms with Crippen LogP contribution in [0.3, 0.4) is 0 Å². The van der Waals surface area contributed by atoms with Gasteiger partial charge in [0.25, 0.3) is 0 Å². The van der Waals surface area contributed by atoms with Gasteiger partial charge in [-0.05, 0) is 12.1 Å². The minimum absolute atomic E-state index is 0.0101. The molecule has 0 aliphatic carbocycles. The van der Waals surface area contributed by atoms with E-state index in [1.54, 1.807) is 22.7 Å². The summed E-state index contributed by atoms with van der Waals surface area (Å²) in [5, 5.41) is 17.1. The summed E-state index contributed by atoms with van der Waals surface area (Å²) in [6.45, 7) is 0. The molecule has 0 spiro atoms. The average Bonchev–Trinajstić information content (AvgIpc) is 3.08. The average molecular weight is 269 g/mol. The molecule has 7 heteroatoms. The van der Waals surface area contributed by atoms with Crippen molar-refractivity contribution < 1.29 is 9.90 Å². The van der Waals surface area contributed by atoms with E-state index < -0.39 is 5.97 Å². The Morgan fingerprint density at radius 2 is 2.10 bits per heavy atom.